The molecular weight excluding hydrogens is 170 g/mol. The molecule has 0 aromatic heterocycles. The molecule has 74 valence electrons. The Morgan fingerprint density at radius 3 is 3.07 bits per heavy atom. The van der Waals surface area contributed by atoms with Crippen LogP contribution in [0.25, 0.3) is 0 Å². The molecule has 0 saturated carbocycles. The van der Waals surface area contributed by atoms with Gasteiger partial charge in [0.05, 0.1) is 0 Å². The van der Waals surface area contributed by atoms with Gasteiger partial charge in [-0.3, -0.25) is 0 Å². The van der Waals surface area contributed by atoms with Crippen LogP contribution in [0.2, 0.25) is 0 Å². The molecule has 1 nitrogen and oxygen atoms in total. The van der Waals surface area contributed by atoms with Crippen LogP contribution in [0.4, 0.5) is 0 Å². The third-order valence-corrected chi connectivity index (χ3v) is 2.99. The fourth-order valence-electron chi connectivity index (χ4n) is 1.94. The Bertz CT molecular complexity index is 360. The van der Waals surface area contributed by atoms with Crippen molar-refractivity contribution < 1.29 is 0 Å². The summed E-state index contributed by atoms with van der Waals surface area (Å²) in [5.74, 6) is 6.97. The maximum atomic E-state index is 3.43. The fraction of sp³-hybridized carbons (Fsp3) is 0.538. The van der Waals surface area contributed by atoms with Gasteiger partial charge in [0, 0.05) is 29.1 Å². The molecule has 0 amide bonds. The first kappa shape index (κ1) is 9.40. The lowest BCUT2D eigenvalue weighted by Crippen LogP contribution is -2.31. The predicted octanol–water partition coefficient (Wildman–Crippen LogP) is 2.47. The van der Waals surface area contributed by atoms with E-state index in [9.17, 15) is 0 Å². The maximum Gasteiger partial charge on any atom is 0.0460 e. The second-order valence-corrected chi connectivity index (χ2v) is 4.77. The van der Waals surface area contributed by atoms with Crippen molar-refractivity contribution in [2.75, 3.05) is 6.54 Å². The van der Waals surface area contributed by atoms with Gasteiger partial charge in [-0.1, -0.05) is 31.8 Å². The largest absolute Gasteiger partial charge is 0.384 e. The molecule has 0 fully saturated rings. The van der Waals surface area contributed by atoms with E-state index in [1.54, 1.807) is 0 Å². The van der Waals surface area contributed by atoms with E-state index in [4.69, 9.17) is 0 Å². The SMILES string of the molecule is CC1C#CC2=C(C=C1)NCCC2(C)C. The van der Waals surface area contributed by atoms with Crippen LogP contribution < -0.4 is 5.32 Å². The van der Waals surface area contributed by atoms with Gasteiger partial charge >= 0.3 is 0 Å². The van der Waals surface area contributed by atoms with E-state index >= 15 is 0 Å². The molecule has 1 N–H and O–H groups in total. The van der Waals surface area contributed by atoms with Crippen LogP contribution in [0.15, 0.2) is 23.4 Å². The van der Waals surface area contributed by atoms with Gasteiger partial charge < -0.3 is 5.32 Å². The molecule has 1 aliphatic carbocycles. The minimum Gasteiger partial charge on any atom is -0.384 e. The summed E-state index contributed by atoms with van der Waals surface area (Å²) in [6, 6.07) is 0. The van der Waals surface area contributed by atoms with E-state index in [2.05, 4.69) is 50.1 Å². The molecule has 1 heterocycles. The number of allylic oxidation sites excluding steroid dienone is 3. The molecule has 14 heavy (non-hydrogen) atoms. The standard InChI is InChI=1S/C13H17N/c1-10-4-6-11-12(7-5-10)14-9-8-13(11,2)3/h5,7,10,14H,8-9H2,1-3H3. The van der Waals surface area contributed by atoms with Crippen molar-refractivity contribution >= 4 is 0 Å². The molecule has 2 rings (SSSR count). The Hall–Kier alpha value is -1.16. The Balaban J connectivity index is 2.46. The van der Waals surface area contributed by atoms with Gasteiger partial charge in [-0.15, -0.1) is 0 Å². The summed E-state index contributed by atoms with van der Waals surface area (Å²) in [6.07, 6.45) is 5.51. The van der Waals surface area contributed by atoms with Gasteiger partial charge in [0.2, 0.25) is 0 Å². The van der Waals surface area contributed by atoms with Crippen molar-refractivity contribution in [1.82, 2.24) is 5.32 Å². The highest BCUT2D eigenvalue weighted by atomic mass is 14.9. The molecule has 0 bridgehead atoms. The second kappa shape index (κ2) is 3.20. The normalized spacial score (nSPS) is 28.4. The molecule has 0 radical (unpaired) electrons. The molecule has 0 aromatic carbocycles. The maximum absolute atomic E-state index is 3.43. The molecule has 1 heteroatoms. The fourth-order valence-corrected chi connectivity index (χ4v) is 1.94. The van der Waals surface area contributed by atoms with Crippen LogP contribution in [0.3, 0.4) is 0 Å². The molecule has 0 spiro atoms. The van der Waals surface area contributed by atoms with Crippen LogP contribution in [0.5, 0.6) is 0 Å². The zero-order chi connectivity index (χ0) is 10.2. The van der Waals surface area contributed by atoms with E-state index in [0.29, 0.717) is 5.92 Å². The first-order valence-electron chi connectivity index (χ1n) is 5.28. The summed E-state index contributed by atoms with van der Waals surface area (Å²) >= 11 is 0. The zero-order valence-corrected chi connectivity index (χ0v) is 9.15. The van der Waals surface area contributed by atoms with Crippen LogP contribution in [-0.2, 0) is 0 Å². The zero-order valence-electron chi connectivity index (χ0n) is 9.15. The lowest BCUT2D eigenvalue weighted by Gasteiger charge is -2.32. The summed E-state index contributed by atoms with van der Waals surface area (Å²) < 4.78 is 0. The minimum absolute atomic E-state index is 0.238. The van der Waals surface area contributed by atoms with Crippen molar-refractivity contribution in [3.63, 3.8) is 0 Å². The minimum atomic E-state index is 0.238. The molecule has 1 unspecified atom stereocenters. The number of rotatable bonds is 0. The monoisotopic (exact) mass is 187 g/mol. The van der Waals surface area contributed by atoms with Crippen LogP contribution in [-0.4, -0.2) is 6.54 Å². The molecule has 2 aliphatic rings. The summed E-state index contributed by atoms with van der Waals surface area (Å²) in [6.45, 7) is 7.75. The molecule has 1 aliphatic heterocycles. The van der Waals surface area contributed by atoms with Crippen molar-refractivity contribution in [2.45, 2.75) is 27.2 Å². The van der Waals surface area contributed by atoms with Gasteiger partial charge in [0.1, 0.15) is 0 Å². The van der Waals surface area contributed by atoms with E-state index in [0.717, 1.165) is 6.54 Å². The van der Waals surface area contributed by atoms with Crippen molar-refractivity contribution in [3.8, 4) is 11.8 Å². The van der Waals surface area contributed by atoms with E-state index in [1.165, 1.54) is 17.7 Å². The Kier molecular flexibility index (Phi) is 2.15. The van der Waals surface area contributed by atoms with E-state index in [1.807, 2.05) is 0 Å². The molecular formula is C13H17N. The number of hydrogen-bond donors (Lipinski definition) is 1. The number of hydrogen-bond acceptors (Lipinski definition) is 1. The smallest absolute Gasteiger partial charge is 0.0460 e. The Labute approximate surface area is 86.3 Å². The molecule has 0 saturated heterocycles. The third-order valence-electron chi connectivity index (χ3n) is 2.99. The summed E-state index contributed by atoms with van der Waals surface area (Å²) in [5.41, 5.74) is 2.75. The first-order valence-corrected chi connectivity index (χ1v) is 5.28. The van der Waals surface area contributed by atoms with Crippen molar-refractivity contribution in [2.24, 2.45) is 11.3 Å². The summed E-state index contributed by atoms with van der Waals surface area (Å²) in [7, 11) is 0. The Morgan fingerprint density at radius 2 is 2.29 bits per heavy atom. The number of nitrogens with one attached hydrogen (secondary N) is 1. The summed E-state index contributed by atoms with van der Waals surface area (Å²) in [4.78, 5) is 0. The van der Waals surface area contributed by atoms with Crippen LogP contribution >= 0.6 is 0 Å². The lowest BCUT2D eigenvalue weighted by atomic mass is 9.78. The van der Waals surface area contributed by atoms with Gasteiger partial charge in [0.25, 0.3) is 0 Å². The third kappa shape index (κ3) is 1.57. The topological polar surface area (TPSA) is 12.0 Å². The quantitative estimate of drug-likeness (QED) is 0.574. The van der Waals surface area contributed by atoms with E-state index in [-0.39, 0.29) is 5.41 Å². The van der Waals surface area contributed by atoms with Gasteiger partial charge in [-0.2, -0.15) is 0 Å². The first-order chi connectivity index (χ1) is 6.59. The molecule has 0 aromatic rings. The molecule has 1 atom stereocenters. The average Bonchev–Trinajstić information content (AvgIpc) is 2.29. The van der Waals surface area contributed by atoms with Gasteiger partial charge in [-0.05, 0) is 19.4 Å². The van der Waals surface area contributed by atoms with E-state index < -0.39 is 0 Å². The van der Waals surface area contributed by atoms with Crippen molar-refractivity contribution in [1.29, 1.82) is 0 Å². The van der Waals surface area contributed by atoms with Gasteiger partial charge in [-0.25, -0.2) is 0 Å². The van der Waals surface area contributed by atoms with Crippen LogP contribution in [0.1, 0.15) is 27.2 Å². The highest BCUT2D eigenvalue weighted by Crippen LogP contribution is 2.35. The highest BCUT2D eigenvalue weighted by Gasteiger charge is 2.28. The lowest BCUT2D eigenvalue weighted by molar-refractivity contribution is 0.387. The van der Waals surface area contributed by atoms with Gasteiger partial charge in [0.15, 0.2) is 0 Å². The second-order valence-electron chi connectivity index (χ2n) is 4.77. The average molecular weight is 187 g/mol. The highest BCUT2D eigenvalue weighted by molar-refractivity contribution is 5.46. The summed E-state index contributed by atoms with van der Waals surface area (Å²) in [5, 5.41) is 3.43. The predicted molar refractivity (Wildman–Crippen MR) is 59.5 cm³/mol. The van der Waals surface area contributed by atoms with Crippen LogP contribution in [0, 0.1) is 23.2 Å². The Morgan fingerprint density at radius 1 is 1.50 bits per heavy atom. The van der Waals surface area contributed by atoms with Crippen molar-refractivity contribution in [3.05, 3.63) is 23.4 Å².